The Bertz CT molecular complexity index is 682. The predicted octanol–water partition coefficient (Wildman–Crippen LogP) is 4.80. The molecule has 2 heteroatoms. The first-order chi connectivity index (χ1) is 10.8. The summed E-state index contributed by atoms with van der Waals surface area (Å²) in [5, 5.41) is 8.44. The first-order valence-corrected chi connectivity index (χ1v) is 7.57. The van der Waals surface area contributed by atoms with Gasteiger partial charge in [-0.05, 0) is 41.8 Å². The third kappa shape index (κ3) is 4.69. The Kier molecular flexibility index (Phi) is 6.09. The molecule has 2 aromatic carbocycles. The van der Waals surface area contributed by atoms with Gasteiger partial charge in [0.05, 0.1) is 6.61 Å². The zero-order chi connectivity index (χ0) is 15.6. The standard InChI is InChI=1S/C20H19NO/c1-2-3-4-16-22-20-13-11-19(12-14-20)18-9-7-17(8-10-18)6-5-15-21/h7-14H,2-4,16H2,1H3. The largest absolute Gasteiger partial charge is 0.494 e. The quantitative estimate of drug-likeness (QED) is 0.565. The Morgan fingerprint density at radius 3 is 2.14 bits per heavy atom. The van der Waals surface area contributed by atoms with Gasteiger partial charge in [0.2, 0.25) is 0 Å². The van der Waals surface area contributed by atoms with E-state index in [9.17, 15) is 0 Å². The van der Waals surface area contributed by atoms with Gasteiger partial charge in [0.15, 0.2) is 6.07 Å². The Morgan fingerprint density at radius 2 is 1.55 bits per heavy atom. The van der Waals surface area contributed by atoms with Crippen LogP contribution in [0.2, 0.25) is 0 Å². The summed E-state index contributed by atoms with van der Waals surface area (Å²) in [4.78, 5) is 0. The van der Waals surface area contributed by atoms with E-state index in [0.717, 1.165) is 35.5 Å². The van der Waals surface area contributed by atoms with Crippen LogP contribution in [0.3, 0.4) is 0 Å². The number of benzene rings is 2. The van der Waals surface area contributed by atoms with Crippen molar-refractivity contribution in [2.45, 2.75) is 26.2 Å². The Hall–Kier alpha value is -2.71. The second kappa shape index (κ2) is 8.55. The summed E-state index contributed by atoms with van der Waals surface area (Å²) in [5.41, 5.74) is 3.11. The summed E-state index contributed by atoms with van der Waals surface area (Å²) < 4.78 is 5.71. The van der Waals surface area contributed by atoms with Crippen LogP contribution in [0.15, 0.2) is 48.5 Å². The van der Waals surface area contributed by atoms with E-state index >= 15 is 0 Å². The molecule has 0 atom stereocenters. The van der Waals surface area contributed by atoms with Crippen molar-refractivity contribution in [1.29, 1.82) is 5.26 Å². The van der Waals surface area contributed by atoms with Crippen molar-refractivity contribution in [1.82, 2.24) is 0 Å². The average molecular weight is 289 g/mol. The molecule has 0 amide bonds. The van der Waals surface area contributed by atoms with E-state index in [4.69, 9.17) is 10.00 Å². The number of ether oxygens (including phenoxy) is 1. The van der Waals surface area contributed by atoms with Crippen LogP contribution < -0.4 is 4.74 Å². The third-order valence-corrected chi connectivity index (χ3v) is 3.35. The fourth-order valence-electron chi connectivity index (χ4n) is 2.13. The minimum absolute atomic E-state index is 0.777. The first kappa shape index (κ1) is 15.7. The highest BCUT2D eigenvalue weighted by molar-refractivity contribution is 5.65. The van der Waals surface area contributed by atoms with E-state index < -0.39 is 0 Å². The van der Waals surface area contributed by atoms with E-state index in [-0.39, 0.29) is 0 Å². The van der Waals surface area contributed by atoms with Gasteiger partial charge in [-0.2, -0.15) is 5.26 Å². The first-order valence-electron chi connectivity index (χ1n) is 7.57. The van der Waals surface area contributed by atoms with Gasteiger partial charge in [0.25, 0.3) is 0 Å². The number of nitriles is 1. The SMILES string of the molecule is CCCCCOc1ccc(-c2ccc(C#CC#N)cc2)cc1. The molecule has 0 saturated carbocycles. The fourth-order valence-corrected chi connectivity index (χ4v) is 2.13. The Balaban J connectivity index is 1.99. The molecule has 0 aliphatic carbocycles. The maximum Gasteiger partial charge on any atom is 0.152 e. The van der Waals surface area contributed by atoms with E-state index in [1.54, 1.807) is 0 Å². The average Bonchev–Trinajstić information content (AvgIpc) is 2.58. The zero-order valence-electron chi connectivity index (χ0n) is 12.8. The maximum atomic E-state index is 8.44. The van der Waals surface area contributed by atoms with Crippen molar-refractivity contribution in [2.75, 3.05) is 6.61 Å². The van der Waals surface area contributed by atoms with Gasteiger partial charge in [-0.15, -0.1) is 0 Å². The molecule has 0 aliphatic rings. The summed E-state index contributed by atoms with van der Waals surface area (Å²) in [7, 11) is 0. The van der Waals surface area contributed by atoms with Crippen LogP contribution in [0.25, 0.3) is 11.1 Å². The highest BCUT2D eigenvalue weighted by atomic mass is 16.5. The molecule has 2 rings (SSSR count). The number of hydrogen-bond acceptors (Lipinski definition) is 2. The Labute approximate surface area is 132 Å². The van der Waals surface area contributed by atoms with Crippen LogP contribution in [0.1, 0.15) is 31.7 Å². The lowest BCUT2D eigenvalue weighted by Crippen LogP contribution is -1.96. The number of hydrogen-bond donors (Lipinski definition) is 0. The molecule has 0 radical (unpaired) electrons. The van der Waals surface area contributed by atoms with Crippen LogP contribution in [-0.4, -0.2) is 6.61 Å². The lowest BCUT2D eigenvalue weighted by molar-refractivity contribution is 0.306. The molecule has 2 nitrogen and oxygen atoms in total. The van der Waals surface area contributed by atoms with Crippen LogP contribution in [0.4, 0.5) is 0 Å². The highest BCUT2D eigenvalue weighted by Crippen LogP contribution is 2.22. The maximum absolute atomic E-state index is 8.44. The topological polar surface area (TPSA) is 33.0 Å². The molecule has 0 heterocycles. The van der Waals surface area contributed by atoms with Crippen molar-refractivity contribution in [3.8, 4) is 34.8 Å². The number of rotatable bonds is 6. The van der Waals surface area contributed by atoms with Gasteiger partial charge in [-0.3, -0.25) is 0 Å². The van der Waals surface area contributed by atoms with E-state index in [0.29, 0.717) is 0 Å². The van der Waals surface area contributed by atoms with E-state index in [1.807, 2.05) is 42.5 Å². The van der Waals surface area contributed by atoms with Crippen molar-refractivity contribution in [3.63, 3.8) is 0 Å². The van der Waals surface area contributed by atoms with Crippen molar-refractivity contribution < 1.29 is 4.74 Å². The summed E-state index contributed by atoms with van der Waals surface area (Å²) in [5.74, 6) is 6.10. The second-order valence-corrected chi connectivity index (χ2v) is 5.02. The van der Waals surface area contributed by atoms with Gasteiger partial charge < -0.3 is 4.74 Å². The van der Waals surface area contributed by atoms with Gasteiger partial charge in [-0.25, -0.2) is 0 Å². The van der Waals surface area contributed by atoms with Crippen LogP contribution >= 0.6 is 0 Å². The zero-order valence-corrected chi connectivity index (χ0v) is 12.8. The molecule has 0 unspecified atom stereocenters. The number of unbranched alkanes of at least 4 members (excludes halogenated alkanes) is 2. The summed E-state index contributed by atoms with van der Waals surface area (Å²) in [6, 6.07) is 17.8. The van der Waals surface area contributed by atoms with Crippen LogP contribution in [0.5, 0.6) is 5.75 Å². The van der Waals surface area contributed by atoms with E-state index in [2.05, 4.69) is 30.9 Å². The van der Waals surface area contributed by atoms with Crippen LogP contribution in [0, 0.1) is 23.2 Å². The molecule has 22 heavy (non-hydrogen) atoms. The molecule has 0 aliphatic heterocycles. The highest BCUT2D eigenvalue weighted by Gasteiger charge is 1.99. The van der Waals surface area contributed by atoms with Gasteiger partial charge in [0, 0.05) is 11.5 Å². The number of nitrogens with zero attached hydrogens (tertiary/aromatic N) is 1. The van der Waals surface area contributed by atoms with E-state index in [1.165, 1.54) is 12.8 Å². The summed E-state index contributed by atoms with van der Waals surface area (Å²) >= 11 is 0. The van der Waals surface area contributed by atoms with Crippen molar-refractivity contribution >= 4 is 0 Å². The molecule has 0 fully saturated rings. The molecule has 2 aromatic rings. The minimum Gasteiger partial charge on any atom is -0.494 e. The van der Waals surface area contributed by atoms with Crippen molar-refractivity contribution in [2.24, 2.45) is 0 Å². The third-order valence-electron chi connectivity index (χ3n) is 3.35. The molecular weight excluding hydrogens is 270 g/mol. The molecule has 0 aromatic heterocycles. The summed E-state index contributed by atoms with van der Waals surface area (Å²) in [6.07, 6.45) is 3.51. The Morgan fingerprint density at radius 1 is 0.909 bits per heavy atom. The van der Waals surface area contributed by atoms with Crippen LogP contribution in [-0.2, 0) is 0 Å². The smallest absolute Gasteiger partial charge is 0.152 e. The predicted molar refractivity (Wildman–Crippen MR) is 89.4 cm³/mol. The van der Waals surface area contributed by atoms with Crippen molar-refractivity contribution in [3.05, 3.63) is 54.1 Å². The molecule has 0 spiro atoms. The van der Waals surface area contributed by atoms with Gasteiger partial charge in [-0.1, -0.05) is 50.0 Å². The molecular formula is C20H19NO. The fraction of sp³-hybridized carbons (Fsp3) is 0.250. The second-order valence-electron chi connectivity index (χ2n) is 5.02. The molecule has 0 bridgehead atoms. The molecule has 0 saturated heterocycles. The lowest BCUT2D eigenvalue weighted by atomic mass is 10.0. The van der Waals surface area contributed by atoms with Gasteiger partial charge in [0.1, 0.15) is 5.75 Å². The summed E-state index contributed by atoms with van der Waals surface area (Å²) in [6.45, 7) is 2.96. The monoisotopic (exact) mass is 289 g/mol. The molecule has 110 valence electrons. The molecule has 0 N–H and O–H groups in total. The lowest BCUT2D eigenvalue weighted by Gasteiger charge is -2.07. The minimum atomic E-state index is 0.777. The normalized spacial score (nSPS) is 9.45. The van der Waals surface area contributed by atoms with Gasteiger partial charge >= 0.3 is 0 Å².